The Morgan fingerprint density at radius 2 is 1.13 bits per heavy atom. The summed E-state index contributed by atoms with van der Waals surface area (Å²) in [5.74, 6) is 1.07. The lowest BCUT2D eigenvalue weighted by atomic mass is 10.0. The van der Waals surface area contributed by atoms with Crippen molar-refractivity contribution in [2.45, 2.75) is 65.1 Å². The Kier molecular flexibility index (Phi) is 11.5. The van der Waals surface area contributed by atoms with E-state index in [0.717, 1.165) is 52.2 Å². The summed E-state index contributed by atoms with van der Waals surface area (Å²) >= 11 is 0. The van der Waals surface area contributed by atoms with Gasteiger partial charge in [0.25, 0.3) is 0 Å². The molecule has 0 unspecified atom stereocenters. The van der Waals surface area contributed by atoms with Crippen LogP contribution >= 0.6 is 0 Å². The van der Waals surface area contributed by atoms with E-state index in [1.54, 1.807) is 7.11 Å². The smallest absolute Gasteiger partial charge is 0.164 e. The first-order chi connectivity index (χ1) is 22.4. The Bertz CT molecular complexity index is 1600. The van der Waals surface area contributed by atoms with E-state index in [1.807, 2.05) is 32.0 Å². The van der Waals surface area contributed by atoms with Gasteiger partial charge in [-0.05, 0) is 66.6 Å². The fraction of sp³-hybridized carbons (Fsp3) is 0.317. The number of methoxy groups -OCH3 is 1. The average Bonchev–Trinajstić information content (AvgIpc) is 3.38. The predicted molar refractivity (Wildman–Crippen MR) is 188 cm³/mol. The van der Waals surface area contributed by atoms with Crippen molar-refractivity contribution in [3.8, 4) is 11.5 Å². The largest absolute Gasteiger partial charge is 0.490 e. The van der Waals surface area contributed by atoms with Gasteiger partial charge < -0.3 is 23.7 Å². The lowest BCUT2D eigenvalue weighted by Gasteiger charge is -2.18. The van der Waals surface area contributed by atoms with E-state index in [0.29, 0.717) is 19.8 Å². The molecule has 0 spiro atoms. The van der Waals surface area contributed by atoms with E-state index in [9.17, 15) is 0 Å². The van der Waals surface area contributed by atoms with Gasteiger partial charge in [0.05, 0.1) is 6.61 Å². The van der Waals surface area contributed by atoms with Crippen LogP contribution < -0.4 is 9.47 Å². The van der Waals surface area contributed by atoms with Gasteiger partial charge in [-0.15, -0.1) is 0 Å². The van der Waals surface area contributed by atoms with Crippen molar-refractivity contribution in [3.63, 3.8) is 0 Å². The number of hydrogen-bond donors (Lipinski definition) is 0. The molecule has 4 aromatic rings. The molecular formula is C41H46O5. The molecule has 0 saturated carbocycles. The number of ether oxygens (including phenoxy) is 5. The highest BCUT2D eigenvalue weighted by molar-refractivity contribution is 5.75. The van der Waals surface area contributed by atoms with E-state index in [4.69, 9.17) is 23.7 Å². The minimum Gasteiger partial charge on any atom is -0.490 e. The van der Waals surface area contributed by atoms with Crippen molar-refractivity contribution >= 4 is 24.3 Å². The molecule has 2 atom stereocenters. The molecule has 46 heavy (non-hydrogen) atoms. The van der Waals surface area contributed by atoms with E-state index in [2.05, 4.69) is 111 Å². The summed E-state index contributed by atoms with van der Waals surface area (Å²) in [6.45, 7) is 9.53. The lowest BCUT2D eigenvalue weighted by Crippen LogP contribution is -2.32. The zero-order valence-electron chi connectivity index (χ0n) is 27.7. The maximum Gasteiger partial charge on any atom is 0.164 e. The first-order valence-electron chi connectivity index (χ1n) is 16.2. The summed E-state index contributed by atoms with van der Waals surface area (Å²) in [5, 5.41) is 0. The third kappa shape index (κ3) is 9.20. The second kappa shape index (κ2) is 15.9. The summed E-state index contributed by atoms with van der Waals surface area (Å²) < 4.78 is 30.1. The third-order valence-corrected chi connectivity index (χ3v) is 8.08. The monoisotopic (exact) mass is 618 g/mol. The summed E-state index contributed by atoms with van der Waals surface area (Å²) in [7, 11) is 1.67. The van der Waals surface area contributed by atoms with Crippen LogP contribution in [0.25, 0.3) is 24.3 Å². The molecule has 0 N–H and O–H groups in total. The maximum absolute atomic E-state index is 6.35. The molecule has 5 nitrogen and oxygen atoms in total. The Morgan fingerprint density at radius 3 is 1.65 bits per heavy atom. The third-order valence-electron chi connectivity index (χ3n) is 8.08. The zero-order valence-corrected chi connectivity index (χ0v) is 27.7. The van der Waals surface area contributed by atoms with Crippen molar-refractivity contribution in [1.82, 2.24) is 0 Å². The highest BCUT2D eigenvalue weighted by Gasteiger charge is 2.41. The molecule has 4 aromatic carbocycles. The molecule has 1 aliphatic rings. The Balaban J connectivity index is 1.26. The molecule has 0 radical (unpaired) electrons. The van der Waals surface area contributed by atoms with Crippen LogP contribution in [0.4, 0.5) is 0 Å². The van der Waals surface area contributed by atoms with Gasteiger partial charge in [-0.3, -0.25) is 0 Å². The number of aryl methyl sites for hydroxylation is 2. The molecule has 5 rings (SSSR count). The minimum atomic E-state index is -0.662. The van der Waals surface area contributed by atoms with E-state index in [1.165, 1.54) is 11.1 Å². The summed E-state index contributed by atoms with van der Waals surface area (Å²) in [6, 6.07) is 31.6. The van der Waals surface area contributed by atoms with Crippen LogP contribution in [0.1, 0.15) is 66.6 Å². The first-order valence-corrected chi connectivity index (χ1v) is 16.2. The van der Waals surface area contributed by atoms with E-state index >= 15 is 0 Å². The Hall–Kier alpha value is -4.16. The normalized spacial score (nSPS) is 17.6. The van der Waals surface area contributed by atoms with E-state index in [-0.39, 0.29) is 12.2 Å². The summed E-state index contributed by atoms with van der Waals surface area (Å²) in [6.07, 6.45) is 9.99. The van der Waals surface area contributed by atoms with Crippen LogP contribution in [0, 0.1) is 0 Å². The van der Waals surface area contributed by atoms with Crippen molar-refractivity contribution in [1.29, 1.82) is 0 Å². The first kappa shape index (κ1) is 33.2. The molecule has 1 fully saturated rings. The number of rotatable bonds is 14. The highest BCUT2D eigenvalue weighted by Crippen LogP contribution is 2.31. The molecule has 0 aliphatic carbocycles. The van der Waals surface area contributed by atoms with Gasteiger partial charge >= 0.3 is 0 Å². The Labute approximate surface area is 274 Å². The van der Waals surface area contributed by atoms with Gasteiger partial charge in [0.2, 0.25) is 0 Å². The lowest BCUT2D eigenvalue weighted by molar-refractivity contribution is -0.151. The van der Waals surface area contributed by atoms with Crippen LogP contribution in [0.5, 0.6) is 11.5 Å². The predicted octanol–water partition coefficient (Wildman–Crippen LogP) is 9.28. The zero-order chi connectivity index (χ0) is 32.4. The highest BCUT2D eigenvalue weighted by atomic mass is 16.8. The fourth-order valence-electron chi connectivity index (χ4n) is 5.48. The molecule has 240 valence electrons. The minimum absolute atomic E-state index is 0.176. The molecule has 0 amide bonds. The molecule has 1 saturated heterocycles. The standard InChI is InChI=1S/C41H46O5/c1-6-30-17-21-35(37(25-30)43-27-34-11-9-8-10-12-34)23-19-32-13-15-33(16-14-32)20-24-36-22-18-31(7-2)26-38(36)44-29-40-39(28-42-5)45-41(3,4)46-40/h8-26,39-40H,6-7,27-29H2,1-5H3/b23-19+,24-20+/t39-,40-/m0/s1. The van der Waals surface area contributed by atoms with Crippen LogP contribution in [-0.2, 0) is 33.7 Å². The van der Waals surface area contributed by atoms with Gasteiger partial charge in [-0.1, -0.05) is 117 Å². The van der Waals surface area contributed by atoms with Gasteiger partial charge in [0.15, 0.2) is 5.79 Å². The van der Waals surface area contributed by atoms with Crippen molar-refractivity contribution in [2.24, 2.45) is 0 Å². The van der Waals surface area contributed by atoms with Crippen molar-refractivity contribution < 1.29 is 23.7 Å². The second-order valence-corrected chi connectivity index (χ2v) is 12.0. The SMILES string of the molecule is CCc1ccc(/C=C/c2ccc(/C=C/c3ccc(CC)cc3OC[C@@H]3OC(C)(C)O[C@H]3COC)cc2)c(OCc2ccccc2)c1. The van der Waals surface area contributed by atoms with Crippen molar-refractivity contribution in [3.05, 3.63) is 130 Å². The number of benzene rings is 4. The Morgan fingerprint density at radius 1 is 0.609 bits per heavy atom. The maximum atomic E-state index is 6.35. The van der Waals surface area contributed by atoms with Crippen LogP contribution in [0.15, 0.2) is 91.0 Å². The summed E-state index contributed by atoms with van der Waals surface area (Å²) in [5.41, 5.74) is 7.94. The fourth-order valence-corrected chi connectivity index (χ4v) is 5.48. The second-order valence-electron chi connectivity index (χ2n) is 12.0. The molecule has 0 bridgehead atoms. The quantitative estimate of drug-likeness (QED) is 0.132. The molecule has 0 aromatic heterocycles. The van der Waals surface area contributed by atoms with Crippen LogP contribution in [-0.4, -0.2) is 38.3 Å². The van der Waals surface area contributed by atoms with Crippen LogP contribution in [0.3, 0.4) is 0 Å². The summed E-state index contributed by atoms with van der Waals surface area (Å²) in [4.78, 5) is 0. The molecule has 5 heteroatoms. The molecule has 1 aliphatic heterocycles. The van der Waals surface area contributed by atoms with Gasteiger partial charge in [0.1, 0.15) is 36.9 Å². The topological polar surface area (TPSA) is 46.2 Å². The molecular weight excluding hydrogens is 572 g/mol. The van der Waals surface area contributed by atoms with Gasteiger partial charge in [-0.25, -0.2) is 0 Å². The van der Waals surface area contributed by atoms with Gasteiger partial charge in [0, 0.05) is 18.2 Å². The molecule has 1 heterocycles. The van der Waals surface area contributed by atoms with E-state index < -0.39 is 5.79 Å². The van der Waals surface area contributed by atoms with Gasteiger partial charge in [-0.2, -0.15) is 0 Å². The number of hydrogen-bond acceptors (Lipinski definition) is 5. The average molecular weight is 619 g/mol. The van der Waals surface area contributed by atoms with Crippen molar-refractivity contribution in [2.75, 3.05) is 20.3 Å². The van der Waals surface area contributed by atoms with Crippen LogP contribution in [0.2, 0.25) is 0 Å².